The van der Waals surface area contributed by atoms with Gasteiger partial charge in [0.15, 0.2) is 5.82 Å². The number of carboxylic acids is 1. The van der Waals surface area contributed by atoms with Crippen molar-refractivity contribution in [2.75, 3.05) is 7.11 Å². The summed E-state index contributed by atoms with van der Waals surface area (Å²) in [5.41, 5.74) is -0.443. The molecule has 0 aromatic carbocycles. The van der Waals surface area contributed by atoms with E-state index in [-0.39, 0.29) is 5.88 Å². The van der Waals surface area contributed by atoms with Crippen LogP contribution >= 0.6 is 0 Å². The molecule has 0 radical (unpaired) electrons. The van der Waals surface area contributed by atoms with Crippen molar-refractivity contribution in [3.8, 4) is 5.88 Å². The smallest absolute Gasteiger partial charge is 0.338 e. The van der Waals surface area contributed by atoms with Crippen LogP contribution < -0.4 is 4.74 Å². The molecule has 0 atom stereocenters. The number of nitrogens with zero attached hydrogens (tertiary/aromatic N) is 1. The van der Waals surface area contributed by atoms with E-state index in [1.54, 1.807) is 0 Å². The maximum absolute atomic E-state index is 12.7. The van der Waals surface area contributed by atoms with Crippen molar-refractivity contribution in [1.29, 1.82) is 0 Å². The molecular formula is C7H6FNO3. The molecular weight excluding hydrogens is 165 g/mol. The highest BCUT2D eigenvalue weighted by Crippen LogP contribution is 2.12. The SMILES string of the molecule is COc1cc(C(=O)O)c(F)cn1. The fraction of sp³-hybridized carbons (Fsp3) is 0.143. The Morgan fingerprint density at radius 1 is 1.75 bits per heavy atom. The number of methoxy groups -OCH3 is 1. The van der Waals surface area contributed by atoms with E-state index in [0.29, 0.717) is 0 Å². The minimum atomic E-state index is -1.34. The van der Waals surface area contributed by atoms with Crippen LogP contribution in [0.3, 0.4) is 0 Å². The van der Waals surface area contributed by atoms with Crippen LogP contribution in [0.1, 0.15) is 10.4 Å². The minimum absolute atomic E-state index is 0.0776. The first kappa shape index (κ1) is 8.45. The molecule has 0 fully saturated rings. The largest absolute Gasteiger partial charge is 0.481 e. The van der Waals surface area contributed by atoms with Gasteiger partial charge in [0.2, 0.25) is 5.88 Å². The second kappa shape index (κ2) is 3.17. The summed E-state index contributed by atoms with van der Waals surface area (Å²) in [4.78, 5) is 13.8. The van der Waals surface area contributed by atoms with Crippen LogP contribution in [0.5, 0.6) is 5.88 Å². The quantitative estimate of drug-likeness (QED) is 0.718. The number of hydrogen-bond donors (Lipinski definition) is 1. The number of halogens is 1. The lowest BCUT2D eigenvalue weighted by Crippen LogP contribution is -2.02. The number of rotatable bonds is 2. The second-order valence-corrected chi connectivity index (χ2v) is 2.01. The number of aromatic nitrogens is 1. The number of carboxylic acid groups (broad SMARTS) is 1. The summed E-state index contributed by atoms with van der Waals surface area (Å²) >= 11 is 0. The van der Waals surface area contributed by atoms with Crippen molar-refractivity contribution < 1.29 is 19.0 Å². The monoisotopic (exact) mass is 171 g/mol. The predicted molar refractivity (Wildman–Crippen MR) is 37.7 cm³/mol. The second-order valence-electron chi connectivity index (χ2n) is 2.01. The van der Waals surface area contributed by atoms with Crippen LogP contribution in [0.15, 0.2) is 12.3 Å². The van der Waals surface area contributed by atoms with Crippen LogP contribution in [0.2, 0.25) is 0 Å². The molecule has 0 saturated heterocycles. The first-order valence-electron chi connectivity index (χ1n) is 3.08. The molecule has 1 N–H and O–H groups in total. The minimum Gasteiger partial charge on any atom is -0.481 e. The standard InChI is InChI=1S/C7H6FNO3/c1-12-6-2-4(7(10)11)5(8)3-9-6/h2-3H,1H3,(H,10,11). The van der Waals surface area contributed by atoms with Crippen molar-refractivity contribution in [1.82, 2.24) is 4.98 Å². The molecule has 1 rings (SSSR count). The lowest BCUT2D eigenvalue weighted by Gasteiger charge is -1.99. The maximum atomic E-state index is 12.7. The van der Waals surface area contributed by atoms with Gasteiger partial charge in [-0.15, -0.1) is 0 Å². The Morgan fingerprint density at radius 2 is 2.42 bits per heavy atom. The van der Waals surface area contributed by atoms with E-state index in [1.165, 1.54) is 7.11 Å². The number of aromatic carboxylic acids is 1. The Bertz CT molecular complexity index is 314. The Balaban J connectivity index is 3.17. The van der Waals surface area contributed by atoms with Gasteiger partial charge in [-0.1, -0.05) is 0 Å². The summed E-state index contributed by atoms with van der Waals surface area (Å²) in [7, 11) is 1.33. The molecule has 5 heteroatoms. The van der Waals surface area contributed by atoms with Crippen molar-refractivity contribution >= 4 is 5.97 Å². The van der Waals surface area contributed by atoms with Gasteiger partial charge in [-0.3, -0.25) is 0 Å². The molecule has 0 unspecified atom stereocenters. The summed E-state index contributed by atoms with van der Waals surface area (Å²) in [6.07, 6.45) is 0.808. The molecule has 1 aromatic rings. The van der Waals surface area contributed by atoms with Crippen LogP contribution in [0.25, 0.3) is 0 Å². The molecule has 12 heavy (non-hydrogen) atoms. The number of carbonyl (C=O) groups is 1. The van der Waals surface area contributed by atoms with Gasteiger partial charge in [-0.25, -0.2) is 14.2 Å². The molecule has 0 bridgehead atoms. The van der Waals surface area contributed by atoms with Gasteiger partial charge in [-0.05, 0) is 0 Å². The Labute approximate surface area is 67.6 Å². The zero-order chi connectivity index (χ0) is 9.14. The Kier molecular flexibility index (Phi) is 2.23. The summed E-state index contributed by atoms with van der Waals surface area (Å²) in [5, 5.41) is 8.46. The van der Waals surface area contributed by atoms with Gasteiger partial charge in [0.25, 0.3) is 0 Å². The number of hydrogen-bond acceptors (Lipinski definition) is 3. The summed E-state index contributed by atoms with van der Waals surface area (Å²) < 4.78 is 17.3. The van der Waals surface area contributed by atoms with Crippen molar-refractivity contribution in [2.24, 2.45) is 0 Å². The molecule has 64 valence electrons. The van der Waals surface area contributed by atoms with Crippen LogP contribution in [-0.2, 0) is 0 Å². The highest BCUT2D eigenvalue weighted by molar-refractivity contribution is 5.88. The Hall–Kier alpha value is -1.65. The van der Waals surface area contributed by atoms with E-state index in [2.05, 4.69) is 9.72 Å². The van der Waals surface area contributed by atoms with E-state index < -0.39 is 17.3 Å². The van der Waals surface area contributed by atoms with Crippen LogP contribution in [0, 0.1) is 5.82 Å². The van der Waals surface area contributed by atoms with Gasteiger partial charge in [0.05, 0.1) is 13.3 Å². The summed E-state index contributed by atoms with van der Waals surface area (Å²) in [5.74, 6) is -2.13. The lowest BCUT2D eigenvalue weighted by molar-refractivity contribution is 0.0691. The molecule has 1 aromatic heterocycles. The van der Waals surface area contributed by atoms with Gasteiger partial charge in [0.1, 0.15) is 5.56 Å². The highest BCUT2D eigenvalue weighted by Gasteiger charge is 2.11. The summed E-state index contributed by atoms with van der Waals surface area (Å²) in [6, 6.07) is 1.03. The average molecular weight is 171 g/mol. The predicted octanol–water partition coefficient (Wildman–Crippen LogP) is 0.927. The number of ether oxygens (including phenoxy) is 1. The van der Waals surface area contributed by atoms with Crippen molar-refractivity contribution in [2.45, 2.75) is 0 Å². The van der Waals surface area contributed by atoms with E-state index in [1.807, 2.05) is 0 Å². The zero-order valence-corrected chi connectivity index (χ0v) is 6.24. The van der Waals surface area contributed by atoms with E-state index in [9.17, 15) is 9.18 Å². The normalized spacial score (nSPS) is 9.50. The lowest BCUT2D eigenvalue weighted by atomic mass is 10.2. The molecule has 0 aliphatic heterocycles. The van der Waals surface area contributed by atoms with Crippen molar-refractivity contribution in [3.63, 3.8) is 0 Å². The molecule has 0 saturated carbocycles. The molecule has 0 aliphatic rings. The molecule has 4 nitrogen and oxygen atoms in total. The van der Waals surface area contributed by atoms with Crippen LogP contribution in [-0.4, -0.2) is 23.2 Å². The highest BCUT2D eigenvalue weighted by atomic mass is 19.1. The number of pyridine rings is 1. The first-order chi connectivity index (χ1) is 5.65. The van der Waals surface area contributed by atoms with Gasteiger partial charge >= 0.3 is 5.97 Å². The van der Waals surface area contributed by atoms with E-state index >= 15 is 0 Å². The molecule has 0 aliphatic carbocycles. The topological polar surface area (TPSA) is 59.4 Å². The fourth-order valence-electron chi connectivity index (χ4n) is 0.695. The Morgan fingerprint density at radius 3 is 2.92 bits per heavy atom. The van der Waals surface area contributed by atoms with Gasteiger partial charge in [-0.2, -0.15) is 0 Å². The molecule has 0 amide bonds. The van der Waals surface area contributed by atoms with E-state index in [0.717, 1.165) is 12.3 Å². The average Bonchev–Trinajstić information content (AvgIpc) is 2.05. The first-order valence-corrected chi connectivity index (χ1v) is 3.08. The third kappa shape index (κ3) is 1.50. The van der Waals surface area contributed by atoms with Crippen molar-refractivity contribution in [3.05, 3.63) is 23.6 Å². The molecule has 0 spiro atoms. The van der Waals surface area contributed by atoms with E-state index in [4.69, 9.17) is 5.11 Å². The molecule has 1 heterocycles. The maximum Gasteiger partial charge on any atom is 0.338 e. The fourth-order valence-corrected chi connectivity index (χ4v) is 0.695. The zero-order valence-electron chi connectivity index (χ0n) is 6.24. The summed E-state index contributed by atoms with van der Waals surface area (Å²) in [6.45, 7) is 0. The third-order valence-corrected chi connectivity index (χ3v) is 1.27. The third-order valence-electron chi connectivity index (χ3n) is 1.27. The van der Waals surface area contributed by atoms with Gasteiger partial charge < -0.3 is 9.84 Å². The van der Waals surface area contributed by atoms with Gasteiger partial charge in [0, 0.05) is 6.07 Å². The van der Waals surface area contributed by atoms with Crippen LogP contribution in [0.4, 0.5) is 4.39 Å².